The largest absolute Gasteiger partial charge is 0.308 e. The number of benzene rings is 1. The standard InChI is InChI=1S/C18H27ClN2/c1-2-17-12-20-18(10-4-3-5-11-18)14-21(17)13-15-6-8-16(19)9-7-15/h6-9,17,20H,2-5,10-14H2,1H3. The summed E-state index contributed by atoms with van der Waals surface area (Å²) < 4.78 is 0. The molecule has 1 aromatic carbocycles. The van der Waals surface area contributed by atoms with Gasteiger partial charge in [-0.25, -0.2) is 0 Å². The zero-order chi connectivity index (χ0) is 14.7. The minimum absolute atomic E-state index is 0.385. The highest BCUT2D eigenvalue weighted by Gasteiger charge is 2.39. The smallest absolute Gasteiger partial charge is 0.0406 e. The van der Waals surface area contributed by atoms with Crippen LogP contribution in [0.1, 0.15) is 51.0 Å². The molecule has 1 aliphatic carbocycles. The predicted molar refractivity (Wildman–Crippen MR) is 89.8 cm³/mol. The minimum Gasteiger partial charge on any atom is -0.308 e. The molecule has 2 nitrogen and oxygen atoms in total. The Morgan fingerprint density at radius 1 is 1.19 bits per heavy atom. The van der Waals surface area contributed by atoms with Gasteiger partial charge in [-0.3, -0.25) is 4.90 Å². The van der Waals surface area contributed by atoms with Gasteiger partial charge < -0.3 is 5.32 Å². The molecule has 1 atom stereocenters. The Balaban J connectivity index is 1.71. The lowest BCUT2D eigenvalue weighted by atomic mass is 9.79. The lowest BCUT2D eigenvalue weighted by molar-refractivity contribution is 0.0484. The molecule has 0 radical (unpaired) electrons. The van der Waals surface area contributed by atoms with Gasteiger partial charge in [0.25, 0.3) is 0 Å². The molecule has 1 saturated heterocycles. The van der Waals surface area contributed by atoms with Crippen LogP contribution in [0.2, 0.25) is 5.02 Å². The monoisotopic (exact) mass is 306 g/mol. The van der Waals surface area contributed by atoms with Crippen LogP contribution in [0, 0.1) is 0 Å². The van der Waals surface area contributed by atoms with Crippen molar-refractivity contribution in [3.05, 3.63) is 34.9 Å². The van der Waals surface area contributed by atoms with Crippen molar-refractivity contribution in [2.75, 3.05) is 13.1 Å². The van der Waals surface area contributed by atoms with Crippen molar-refractivity contribution in [2.24, 2.45) is 0 Å². The molecule has 1 heterocycles. The number of nitrogens with one attached hydrogen (secondary N) is 1. The molecule has 3 rings (SSSR count). The molecule has 1 unspecified atom stereocenters. The Morgan fingerprint density at radius 3 is 2.57 bits per heavy atom. The van der Waals surface area contributed by atoms with Crippen LogP contribution in [0.5, 0.6) is 0 Å². The van der Waals surface area contributed by atoms with Gasteiger partial charge in [0.2, 0.25) is 0 Å². The summed E-state index contributed by atoms with van der Waals surface area (Å²) in [5.41, 5.74) is 1.77. The highest BCUT2D eigenvalue weighted by Crippen LogP contribution is 2.33. The van der Waals surface area contributed by atoms with E-state index in [1.807, 2.05) is 12.1 Å². The van der Waals surface area contributed by atoms with Gasteiger partial charge in [-0.15, -0.1) is 0 Å². The molecule has 21 heavy (non-hydrogen) atoms. The van der Waals surface area contributed by atoms with Gasteiger partial charge in [0.1, 0.15) is 0 Å². The van der Waals surface area contributed by atoms with Crippen molar-refractivity contribution in [2.45, 2.75) is 63.6 Å². The van der Waals surface area contributed by atoms with Gasteiger partial charge in [-0.05, 0) is 37.0 Å². The predicted octanol–water partition coefficient (Wildman–Crippen LogP) is 4.23. The number of piperazine rings is 1. The Hall–Kier alpha value is -0.570. The summed E-state index contributed by atoms with van der Waals surface area (Å²) in [6.45, 7) is 5.71. The van der Waals surface area contributed by atoms with Gasteiger partial charge in [-0.2, -0.15) is 0 Å². The van der Waals surface area contributed by atoms with Crippen LogP contribution in [-0.4, -0.2) is 29.6 Å². The van der Waals surface area contributed by atoms with Crippen LogP contribution in [0.4, 0.5) is 0 Å². The first-order valence-corrected chi connectivity index (χ1v) is 8.82. The van der Waals surface area contributed by atoms with Gasteiger partial charge >= 0.3 is 0 Å². The Kier molecular flexibility index (Phi) is 4.88. The van der Waals surface area contributed by atoms with Crippen molar-refractivity contribution in [1.29, 1.82) is 0 Å². The first kappa shape index (κ1) is 15.3. The molecule has 1 spiro atoms. The normalized spacial score (nSPS) is 26.1. The van der Waals surface area contributed by atoms with Crippen LogP contribution in [0.25, 0.3) is 0 Å². The molecule has 1 aromatic rings. The minimum atomic E-state index is 0.385. The summed E-state index contributed by atoms with van der Waals surface area (Å²) in [6.07, 6.45) is 8.10. The fraction of sp³-hybridized carbons (Fsp3) is 0.667. The second kappa shape index (κ2) is 6.68. The Labute approximate surface area is 133 Å². The first-order valence-electron chi connectivity index (χ1n) is 8.44. The molecule has 3 heteroatoms. The summed E-state index contributed by atoms with van der Waals surface area (Å²) in [6, 6.07) is 9.02. The molecule has 1 N–H and O–H groups in total. The molecule has 2 fully saturated rings. The number of rotatable bonds is 3. The fourth-order valence-electron chi connectivity index (χ4n) is 4.01. The summed E-state index contributed by atoms with van der Waals surface area (Å²) in [5.74, 6) is 0. The number of nitrogens with zero attached hydrogens (tertiary/aromatic N) is 1. The van der Waals surface area contributed by atoms with Gasteiger partial charge in [0, 0.05) is 36.2 Å². The molecule has 0 bridgehead atoms. The zero-order valence-corrected chi connectivity index (χ0v) is 13.8. The second-order valence-corrected chi connectivity index (χ2v) is 7.25. The molecule has 1 saturated carbocycles. The van der Waals surface area contributed by atoms with E-state index in [0.717, 1.165) is 18.1 Å². The Morgan fingerprint density at radius 2 is 1.90 bits per heavy atom. The van der Waals surface area contributed by atoms with E-state index in [0.29, 0.717) is 11.6 Å². The van der Waals surface area contributed by atoms with Crippen molar-refractivity contribution >= 4 is 11.6 Å². The lowest BCUT2D eigenvalue weighted by Crippen LogP contribution is -2.64. The van der Waals surface area contributed by atoms with Gasteiger partial charge in [0.15, 0.2) is 0 Å². The van der Waals surface area contributed by atoms with Crippen LogP contribution < -0.4 is 5.32 Å². The topological polar surface area (TPSA) is 15.3 Å². The van der Waals surface area contributed by atoms with Crippen LogP contribution in [-0.2, 0) is 6.54 Å². The highest BCUT2D eigenvalue weighted by molar-refractivity contribution is 6.30. The summed E-state index contributed by atoms with van der Waals surface area (Å²) in [7, 11) is 0. The van der Waals surface area contributed by atoms with E-state index < -0.39 is 0 Å². The van der Waals surface area contributed by atoms with Crippen molar-refractivity contribution in [1.82, 2.24) is 10.2 Å². The van der Waals surface area contributed by atoms with Gasteiger partial charge in [-0.1, -0.05) is 49.9 Å². The van der Waals surface area contributed by atoms with E-state index in [4.69, 9.17) is 11.6 Å². The van der Waals surface area contributed by atoms with Crippen molar-refractivity contribution in [3.8, 4) is 0 Å². The third kappa shape index (κ3) is 3.61. The average Bonchev–Trinajstić information content (AvgIpc) is 2.51. The number of halogens is 1. The van der Waals surface area contributed by atoms with Crippen LogP contribution >= 0.6 is 11.6 Å². The summed E-state index contributed by atoms with van der Waals surface area (Å²) in [5, 5.41) is 4.73. The quantitative estimate of drug-likeness (QED) is 0.899. The first-order chi connectivity index (χ1) is 10.2. The van der Waals surface area contributed by atoms with E-state index >= 15 is 0 Å². The number of hydrogen-bond acceptors (Lipinski definition) is 2. The maximum Gasteiger partial charge on any atom is 0.0406 e. The molecule has 0 aromatic heterocycles. The highest BCUT2D eigenvalue weighted by atomic mass is 35.5. The van der Waals surface area contributed by atoms with Crippen LogP contribution in [0.15, 0.2) is 24.3 Å². The second-order valence-electron chi connectivity index (χ2n) is 6.82. The maximum atomic E-state index is 6.00. The summed E-state index contributed by atoms with van der Waals surface area (Å²) in [4.78, 5) is 2.70. The van der Waals surface area contributed by atoms with E-state index in [1.54, 1.807) is 0 Å². The van der Waals surface area contributed by atoms with E-state index in [2.05, 4.69) is 29.3 Å². The molecule has 0 amide bonds. The average molecular weight is 307 g/mol. The van der Waals surface area contributed by atoms with E-state index in [9.17, 15) is 0 Å². The molecule has 116 valence electrons. The molecule has 1 aliphatic heterocycles. The number of hydrogen-bond donors (Lipinski definition) is 1. The molecular formula is C18H27ClN2. The van der Waals surface area contributed by atoms with E-state index in [1.165, 1.54) is 50.6 Å². The maximum absolute atomic E-state index is 6.00. The molecular weight excluding hydrogens is 280 g/mol. The third-order valence-corrected chi connectivity index (χ3v) is 5.57. The van der Waals surface area contributed by atoms with Crippen molar-refractivity contribution in [3.63, 3.8) is 0 Å². The summed E-state index contributed by atoms with van der Waals surface area (Å²) >= 11 is 6.00. The third-order valence-electron chi connectivity index (χ3n) is 5.32. The Bertz CT molecular complexity index is 451. The lowest BCUT2D eigenvalue weighted by Gasteiger charge is -2.49. The zero-order valence-electron chi connectivity index (χ0n) is 13.1. The molecule has 2 aliphatic rings. The SMILES string of the molecule is CCC1CNC2(CCCCC2)CN1Cc1ccc(Cl)cc1. The fourth-order valence-corrected chi connectivity index (χ4v) is 4.14. The van der Waals surface area contributed by atoms with Gasteiger partial charge in [0.05, 0.1) is 0 Å². The van der Waals surface area contributed by atoms with Crippen molar-refractivity contribution < 1.29 is 0 Å². The van der Waals surface area contributed by atoms with E-state index in [-0.39, 0.29) is 0 Å². The van der Waals surface area contributed by atoms with Crippen LogP contribution in [0.3, 0.4) is 0 Å².